The van der Waals surface area contributed by atoms with Crippen molar-refractivity contribution in [3.8, 4) is 5.69 Å². The number of para-hydroxylation sites is 1. The first-order valence-electron chi connectivity index (χ1n) is 5.94. The first-order chi connectivity index (χ1) is 9.34. The van der Waals surface area contributed by atoms with E-state index in [1.165, 1.54) is 0 Å². The summed E-state index contributed by atoms with van der Waals surface area (Å²) >= 11 is 0. The minimum absolute atomic E-state index is 0.782. The molecule has 6 heteroatoms. The number of aryl methyl sites for hydroxylation is 1. The Hall–Kier alpha value is -2.76. The molecule has 0 radical (unpaired) electrons. The van der Waals surface area contributed by atoms with Crippen molar-refractivity contribution in [1.29, 1.82) is 0 Å². The van der Waals surface area contributed by atoms with Gasteiger partial charge in [-0.15, -0.1) is 10.2 Å². The van der Waals surface area contributed by atoms with E-state index in [0.29, 0.717) is 0 Å². The fourth-order valence-corrected chi connectivity index (χ4v) is 2.23. The van der Waals surface area contributed by atoms with Crippen molar-refractivity contribution in [2.24, 2.45) is 0 Å². The summed E-state index contributed by atoms with van der Waals surface area (Å²) in [5, 5.41) is 13.4. The van der Waals surface area contributed by atoms with Crippen LogP contribution in [0.4, 0.5) is 0 Å². The van der Waals surface area contributed by atoms with Crippen molar-refractivity contribution >= 4 is 16.7 Å². The summed E-state index contributed by atoms with van der Waals surface area (Å²) in [6.07, 6.45) is 3.44. The zero-order valence-corrected chi connectivity index (χ0v) is 10.2. The maximum absolute atomic E-state index is 4.60. The Kier molecular flexibility index (Phi) is 1.94. The van der Waals surface area contributed by atoms with Crippen LogP contribution in [0.15, 0.2) is 42.9 Å². The summed E-state index contributed by atoms with van der Waals surface area (Å²) in [5.41, 5.74) is 2.56. The quantitative estimate of drug-likeness (QED) is 0.516. The van der Waals surface area contributed by atoms with Gasteiger partial charge in [0.2, 0.25) is 0 Å². The van der Waals surface area contributed by atoms with Crippen LogP contribution in [0.2, 0.25) is 0 Å². The van der Waals surface area contributed by atoms with E-state index in [-0.39, 0.29) is 0 Å². The Morgan fingerprint density at radius 1 is 1.05 bits per heavy atom. The largest absolute Gasteiger partial charge is 0.269 e. The van der Waals surface area contributed by atoms with Crippen LogP contribution in [0.25, 0.3) is 22.4 Å². The summed E-state index contributed by atoms with van der Waals surface area (Å²) in [6.45, 7) is 1.93. The van der Waals surface area contributed by atoms with Gasteiger partial charge >= 0.3 is 0 Å². The number of fused-ring (bicyclic) bond motifs is 3. The maximum atomic E-state index is 4.60. The molecule has 0 unspecified atom stereocenters. The zero-order chi connectivity index (χ0) is 12.8. The van der Waals surface area contributed by atoms with Crippen LogP contribution in [-0.4, -0.2) is 29.4 Å². The highest BCUT2D eigenvalue weighted by Gasteiger charge is 2.12. The number of benzene rings is 1. The van der Waals surface area contributed by atoms with E-state index in [1.807, 2.05) is 46.3 Å². The summed E-state index contributed by atoms with van der Waals surface area (Å²) in [6, 6.07) is 9.93. The second kappa shape index (κ2) is 3.61. The first-order valence-corrected chi connectivity index (χ1v) is 5.94. The van der Waals surface area contributed by atoms with Crippen LogP contribution >= 0.6 is 0 Å². The number of rotatable bonds is 1. The molecule has 19 heavy (non-hydrogen) atoms. The third-order valence-electron chi connectivity index (χ3n) is 3.15. The minimum atomic E-state index is 0.782. The molecule has 0 bridgehead atoms. The molecule has 0 aliphatic carbocycles. The van der Waals surface area contributed by atoms with E-state index < -0.39 is 0 Å². The van der Waals surface area contributed by atoms with E-state index in [4.69, 9.17) is 0 Å². The Labute approximate surface area is 108 Å². The molecule has 1 aromatic carbocycles. The SMILES string of the molecule is Cc1nc2c(cnn2-c2ccccc2)c2nncn12. The molecule has 0 aliphatic rings. The lowest BCUT2D eigenvalue weighted by atomic mass is 10.3. The molecule has 0 aliphatic heterocycles. The smallest absolute Gasteiger partial charge is 0.174 e. The van der Waals surface area contributed by atoms with Crippen molar-refractivity contribution in [2.45, 2.75) is 6.92 Å². The monoisotopic (exact) mass is 250 g/mol. The highest BCUT2D eigenvalue weighted by Crippen LogP contribution is 2.20. The van der Waals surface area contributed by atoms with Crippen LogP contribution in [0.1, 0.15) is 5.82 Å². The molecule has 0 amide bonds. The number of aromatic nitrogens is 6. The molecule has 4 rings (SSSR count). The summed E-state index contributed by atoms with van der Waals surface area (Å²) in [7, 11) is 0. The normalized spacial score (nSPS) is 11.4. The lowest BCUT2D eigenvalue weighted by Crippen LogP contribution is -2.01. The van der Waals surface area contributed by atoms with Gasteiger partial charge in [-0.05, 0) is 19.1 Å². The lowest BCUT2D eigenvalue weighted by Gasteiger charge is -2.04. The average molecular weight is 250 g/mol. The second-order valence-electron chi connectivity index (χ2n) is 4.31. The van der Waals surface area contributed by atoms with Gasteiger partial charge in [-0.3, -0.25) is 4.40 Å². The first kappa shape index (κ1) is 10.2. The predicted molar refractivity (Wildman–Crippen MR) is 70.1 cm³/mol. The second-order valence-corrected chi connectivity index (χ2v) is 4.31. The molecule has 0 saturated carbocycles. The van der Waals surface area contributed by atoms with E-state index in [9.17, 15) is 0 Å². The van der Waals surface area contributed by atoms with Crippen LogP contribution < -0.4 is 0 Å². The van der Waals surface area contributed by atoms with Crippen LogP contribution in [0.5, 0.6) is 0 Å². The Bertz CT molecular complexity index is 874. The third kappa shape index (κ3) is 1.36. The molecule has 0 fully saturated rings. The van der Waals surface area contributed by atoms with Crippen molar-refractivity contribution < 1.29 is 0 Å². The van der Waals surface area contributed by atoms with Crippen molar-refractivity contribution in [3.63, 3.8) is 0 Å². The Morgan fingerprint density at radius 2 is 1.89 bits per heavy atom. The van der Waals surface area contributed by atoms with E-state index in [0.717, 1.165) is 28.2 Å². The zero-order valence-electron chi connectivity index (χ0n) is 10.2. The highest BCUT2D eigenvalue weighted by molar-refractivity contribution is 5.89. The molecule has 6 nitrogen and oxygen atoms in total. The molecule has 0 atom stereocenters. The van der Waals surface area contributed by atoms with Gasteiger partial charge in [-0.25, -0.2) is 9.67 Å². The summed E-state index contributed by atoms with van der Waals surface area (Å²) in [5.74, 6) is 0.838. The number of hydrogen-bond acceptors (Lipinski definition) is 4. The van der Waals surface area contributed by atoms with Gasteiger partial charge < -0.3 is 0 Å². The van der Waals surface area contributed by atoms with Gasteiger partial charge in [0, 0.05) is 0 Å². The Balaban J connectivity index is 2.12. The van der Waals surface area contributed by atoms with Gasteiger partial charge in [0.05, 0.1) is 17.3 Å². The van der Waals surface area contributed by atoms with Crippen molar-refractivity contribution in [1.82, 2.24) is 29.4 Å². The molecule has 0 N–H and O–H groups in total. The fourth-order valence-electron chi connectivity index (χ4n) is 2.23. The molecule has 3 heterocycles. The topological polar surface area (TPSA) is 60.9 Å². The predicted octanol–water partition coefficient (Wildman–Crippen LogP) is 1.77. The van der Waals surface area contributed by atoms with Gasteiger partial charge in [0.25, 0.3) is 0 Å². The summed E-state index contributed by atoms with van der Waals surface area (Å²) in [4.78, 5) is 4.60. The molecule has 92 valence electrons. The lowest BCUT2D eigenvalue weighted by molar-refractivity contribution is 0.884. The standard InChI is InChI=1S/C13H10N6/c1-9-16-12-11(13-17-14-8-18(9)13)7-15-19(12)10-5-3-2-4-6-10/h2-8H,1H3. The van der Waals surface area contributed by atoms with Gasteiger partial charge in [-0.1, -0.05) is 18.2 Å². The molecular weight excluding hydrogens is 240 g/mol. The maximum Gasteiger partial charge on any atom is 0.174 e. The molecule has 3 aromatic heterocycles. The Morgan fingerprint density at radius 3 is 2.74 bits per heavy atom. The van der Waals surface area contributed by atoms with E-state index in [1.54, 1.807) is 12.5 Å². The highest BCUT2D eigenvalue weighted by atomic mass is 15.3. The molecular formula is C13H10N6. The number of hydrogen-bond donors (Lipinski definition) is 0. The fraction of sp³-hybridized carbons (Fsp3) is 0.0769. The molecule has 0 spiro atoms. The van der Waals surface area contributed by atoms with Gasteiger partial charge in [0.1, 0.15) is 12.2 Å². The van der Waals surface area contributed by atoms with E-state index in [2.05, 4.69) is 20.3 Å². The molecule has 0 saturated heterocycles. The van der Waals surface area contributed by atoms with Gasteiger partial charge in [-0.2, -0.15) is 5.10 Å². The van der Waals surface area contributed by atoms with Crippen LogP contribution in [-0.2, 0) is 0 Å². The van der Waals surface area contributed by atoms with Crippen LogP contribution in [0.3, 0.4) is 0 Å². The van der Waals surface area contributed by atoms with Crippen molar-refractivity contribution in [3.05, 3.63) is 48.7 Å². The minimum Gasteiger partial charge on any atom is -0.269 e. The van der Waals surface area contributed by atoms with Crippen LogP contribution in [0, 0.1) is 6.92 Å². The average Bonchev–Trinajstić information content (AvgIpc) is 3.05. The number of nitrogens with zero attached hydrogens (tertiary/aromatic N) is 6. The van der Waals surface area contributed by atoms with E-state index >= 15 is 0 Å². The molecule has 4 aromatic rings. The van der Waals surface area contributed by atoms with Gasteiger partial charge in [0.15, 0.2) is 11.3 Å². The third-order valence-corrected chi connectivity index (χ3v) is 3.15. The van der Waals surface area contributed by atoms with Crippen molar-refractivity contribution in [2.75, 3.05) is 0 Å². The summed E-state index contributed by atoms with van der Waals surface area (Å²) < 4.78 is 3.68.